The number of nitrogens with one attached hydrogen (secondary N) is 1. The summed E-state index contributed by atoms with van der Waals surface area (Å²) in [7, 11) is 0. The lowest BCUT2D eigenvalue weighted by Crippen LogP contribution is -2.30. The molecule has 1 amide bonds. The molecule has 0 aliphatic rings. The highest BCUT2D eigenvalue weighted by atomic mass is 35.5. The molecule has 7 heteroatoms. The lowest BCUT2D eigenvalue weighted by Gasteiger charge is -2.19. The van der Waals surface area contributed by atoms with Crippen molar-refractivity contribution in [3.63, 3.8) is 0 Å². The van der Waals surface area contributed by atoms with Gasteiger partial charge in [0.2, 0.25) is 0 Å². The summed E-state index contributed by atoms with van der Waals surface area (Å²) in [5, 5.41) is 22.9. The normalized spacial score (nSPS) is 13.1. The zero-order valence-electron chi connectivity index (χ0n) is 13.9. The number of halogens is 1. The number of nitrogens with zero attached hydrogens (tertiary/aromatic N) is 1. The van der Waals surface area contributed by atoms with Crippen LogP contribution in [0.3, 0.4) is 0 Å². The van der Waals surface area contributed by atoms with Gasteiger partial charge in [0.25, 0.3) is 0 Å². The molecule has 6 nitrogen and oxygen atoms in total. The highest BCUT2D eigenvalue weighted by molar-refractivity contribution is 6.30. The van der Waals surface area contributed by atoms with Gasteiger partial charge in [-0.3, -0.25) is 0 Å². The molecule has 1 heterocycles. The van der Waals surface area contributed by atoms with Gasteiger partial charge in [-0.1, -0.05) is 48.0 Å². The number of aliphatic hydroxyl groups is 2. The molecule has 2 rings (SSSR count). The summed E-state index contributed by atoms with van der Waals surface area (Å²) in [6, 6.07) is 12.6. The Balaban J connectivity index is 1.74. The van der Waals surface area contributed by atoms with Crippen molar-refractivity contribution in [3.8, 4) is 0 Å². The van der Waals surface area contributed by atoms with Crippen LogP contribution < -0.4 is 5.32 Å². The SMILES string of the molecule is Cc1ccc(C(O)C(O)CCNC(=O)OCc2ccccc2)c(Cl)n1. The molecule has 0 bridgehead atoms. The third-order valence-corrected chi connectivity index (χ3v) is 3.92. The Morgan fingerprint density at radius 1 is 1.24 bits per heavy atom. The van der Waals surface area contributed by atoms with Crippen molar-refractivity contribution in [2.75, 3.05) is 6.54 Å². The Bertz CT molecular complexity index is 697. The first kappa shape index (κ1) is 19.2. The summed E-state index contributed by atoms with van der Waals surface area (Å²) in [4.78, 5) is 15.7. The topological polar surface area (TPSA) is 91.7 Å². The smallest absolute Gasteiger partial charge is 0.407 e. The van der Waals surface area contributed by atoms with Crippen LogP contribution in [-0.4, -0.2) is 33.9 Å². The molecule has 0 saturated heterocycles. The molecule has 0 saturated carbocycles. The number of aryl methyl sites for hydroxylation is 1. The number of alkyl carbamates (subject to hydrolysis) is 1. The van der Waals surface area contributed by atoms with E-state index in [1.807, 2.05) is 30.3 Å². The zero-order chi connectivity index (χ0) is 18.2. The van der Waals surface area contributed by atoms with Crippen LogP contribution in [0.4, 0.5) is 4.79 Å². The van der Waals surface area contributed by atoms with Crippen molar-refractivity contribution in [1.29, 1.82) is 0 Å². The van der Waals surface area contributed by atoms with E-state index in [0.29, 0.717) is 5.56 Å². The summed E-state index contributed by atoms with van der Waals surface area (Å²) in [6.07, 6.45) is -2.70. The third-order valence-electron chi connectivity index (χ3n) is 3.62. The molecule has 1 aromatic carbocycles. The van der Waals surface area contributed by atoms with Crippen LogP contribution in [-0.2, 0) is 11.3 Å². The standard InChI is InChI=1S/C18H21ClN2O4/c1-12-7-8-14(17(19)21-12)16(23)15(22)9-10-20-18(24)25-11-13-5-3-2-4-6-13/h2-8,15-16,22-23H,9-11H2,1H3,(H,20,24). The van der Waals surface area contributed by atoms with Crippen molar-refractivity contribution < 1.29 is 19.7 Å². The highest BCUT2D eigenvalue weighted by Gasteiger charge is 2.21. The quantitative estimate of drug-likeness (QED) is 0.657. The first-order chi connectivity index (χ1) is 12.0. The van der Waals surface area contributed by atoms with Crippen molar-refractivity contribution in [3.05, 3.63) is 64.4 Å². The first-order valence-electron chi connectivity index (χ1n) is 7.91. The van der Waals surface area contributed by atoms with Crippen LogP contribution >= 0.6 is 11.6 Å². The number of rotatable bonds is 7. The summed E-state index contributed by atoms with van der Waals surface area (Å²) in [5.41, 5.74) is 1.96. The van der Waals surface area contributed by atoms with Gasteiger partial charge in [0, 0.05) is 17.8 Å². The van der Waals surface area contributed by atoms with Gasteiger partial charge in [-0.15, -0.1) is 0 Å². The molecule has 134 valence electrons. The molecule has 0 spiro atoms. The molecular weight excluding hydrogens is 344 g/mol. The van der Waals surface area contributed by atoms with Gasteiger partial charge in [-0.25, -0.2) is 9.78 Å². The molecule has 1 aromatic heterocycles. The fourth-order valence-electron chi connectivity index (χ4n) is 2.22. The molecule has 3 N–H and O–H groups in total. The number of amides is 1. The van der Waals surface area contributed by atoms with Crippen LogP contribution in [0.25, 0.3) is 0 Å². The van der Waals surface area contributed by atoms with E-state index in [-0.39, 0.29) is 24.7 Å². The molecule has 0 radical (unpaired) electrons. The van der Waals surface area contributed by atoms with Gasteiger partial charge in [0.05, 0.1) is 6.10 Å². The van der Waals surface area contributed by atoms with Crippen molar-refractivity contribution in [2.45, 2.75) is 32.2 Å². The average Bonchev–Trinajstić information content (AvgIpc) is 2.60. The Kier molecular flexibility index (Phi) is 7.18. The number of aliphatic hydroxyl groups excluding tert-OH is 2. The number of ether oxygens (including phenoxy) is 1. The van der Waals surface area contributed by atoms with Gasteiger partial charge in [0.15, 0.2) is 0 Å². The Morgan fingerprint density at radius 2 is 1.96 bits per heavy atom. The zero-order valence-corrected chi connectivity index (χ0v) is 14.6. The minimum absolute atomic E-state index is 0.145. The fourth-order valence-corrected chi connectivity index (χ4v) is 2.53. The maximum Gasteiger partial charge on any atom is 0.407 e. The van der Waals surface area contributed by atoms with Crippen LogP contribution in [0, 0.1) is 6.92 Å². The molecule has 2 atom stereocenters. The van der Waals surface area contributed by atoms with E-state index >= 15 is 0 Å². The maximum absolute atomic E-state index is 11.6. The van der Waals surface area contributed by atoms with E-state index in [2.05, 4.69) is 10.3 Å². The van der Waals surface area contributed by atoms with Gasteiger partial charge in [0.1, 0.15) is 17.9 Å². The second-order valence-corrected chi connectivity index (χ2v) is 5.98. The first-order valence-corrected chi connectivity index (χ1v) is 8.29. The molecular formula is C18H21ClN2O4. The van der Waals surface area contributed by atoms with E-state index < -0.39 is 18.3 Å². The molecule has 0 aliphatic heterocycles. The lowest BCUT2D eigenvalue weighted by molar-refractivity contribution is 0.0135. The van der Waals surface area contributed by atoms with Crippen LogP contribution in [0.15, 0.2) is 42.5 Å². The summed E-state index contributed by atoms with van der Waals surface area (Å²) >= 11 is 5.98. The number of aromatic nitrogens is 1. The van der Waals surface area contributed by atoms with Crippen molar-refractivity contribution >= 4 is 17.7 Å². The molecule has 2 aromatic rings. The Morgan fingerprint density at radius 3 is 2.64 bits per heavy atom. The number of hydrogen-bond acceptors (Lipinski definition) is 5. The molecule has 25 heavy (non-hydrogen) atoms. The molecule has 0 fully saturated rings. The van der Waals surface area contributed by atoms with Crippen molar-refractivity contribution in [1.82, 2.24) is 10.3 Å². The van der Waals surface area contributed by atoms with Crippen LogP contribution in [0.5, 0.6) is 0 Å². The van der Waals surface area contributed by atoms with E-state index in [1.54, 1.807) is 19.1 Å². The van der Waals surface area contributed by atoms with E-state index in [9.17, 15) is 15.0 Å². The van der Waals surface area contributed by atoms with Gasteiger partial charge in [-0.2, -0.15) is 0 Å². The lowest BCUT2D eigenvalue weighted by atomic mass is 10.0. The monoisotopic (exact) mass is 364 g/mol. The number of carbonyl (C=O) groups excluding carboxylic acids is 1. The predicted octanol–water partition coefficient (Wildman–Crippen LogP) is 2.75. The van der Waals surface area contributed by atoms with E-state index in [1.165, 1.54) is 0 Å². The Labute approximate surface area is 151 Å². The van der Waals surface area contributed by atoms with Gasteiger partial charge in [-0.05, 0) is 25.0 Å². The van der Waals surface area contributed by atoms with E-state index in [4.69, 9.17) is 16.3 Å². The number of hydrogen-bond donors (Lipinski definition) is 3. The Hall–Kier alpha value is -2.15. The predicted molar refractivity (Wildman–Crippen MR) is 94.2 cm³/mol. The second-order valence-electron chi connectivity index (χ2n) is 5.62. The number of pyridine rings is 1. The fraction of sp³-hybridized carbons (Fsp3) is 0.333. The highest BCUT2D eigenvalue weighted by Crippen LogP contribution is 2.25. The van der Waals surface area contributed by atoms with Crippen LogP contribution in [0.2, 0.25) is 5.15 Å². The summed E-state index contributed by atoms with van der Waals surface area (Å²) in [5.74, 6) is 0. The molecule has 0 aliphatic carbocycles. The molecule has 2 unspecified atom stereocenters. The summed E-state index contributed by atoms with van der Waals surface area (Å²) < 4.78 is 5.06. The second kappa shape index (κ2) is 9.36. The number of carbonyl (C=O) groups is 1. The van der Waals surface area contributed by atoms with Gasteiger partial charge < -0.3 is 20.3 Å². The minimum atomic E-state index is -1.18. The largest absolute Gasteiger partial charge is 0.445 e. The van der Waals surface area contributed by atoms with E-state index in [0.717, 1.165) is 11.3 Å². The maximum atomic E-state index is 11.6. The van der Waals surface area contributed by atoms with Crippen LogP contribution in [0.1, 0.15) is 29.3 Å². The minimum Gasteiger partial charge on any atom is -0.445 e. The van der Waals surface area contributed by atoms with Crippen molar-refractivity contribution in [2.24, 2.45) is 0 Å². The number of benzene rings is 1. The third kappa shape index (κ3) is 6.01. The average molecular weight is 365 g/mol. The summed E-state index contributed by atoms with van der Waals surface area (Å²) in [6.45, 7) is 2.11. The van der Waals surface area contributed by atoms with Gasteiger partial charge >= 0.3 is 6.09 Å².